The second-order valence-electron chi connectivity index (χ2n) is 6.28. The highest BCUT2D eigenvalue weighted by atomic mass is 32.2. The minimum atomic E-state index is 0.191. The van der Waals surface area contributed by atoms with E-state index in [0.717, 1.165) is 42.7 Å². The van der Waals surface area contributed by atoms with Gasteiger partial charge in [-0.2, -0.15) is 0 Å². The molecule has 0 atom stereocenters. The number of carbonyl (C=O) groups excluding carboxylic acids is 1. The maximum absolute atomic E-state index is 12.3. The highest BCUT2D eigenvalue weighted by molar-refractivity contribution is 7.99. The number of rotatable bonds is 8. The Morgan fingerprint density at radius 3 is 2.62 bits per heavy atom. The lowest BCUT2D eigenvalue weighted by Crippen LogP contribution is -2.29. The summed E-state index contributed by atoms with van der Waals surface area (Å²) in [6.07, 6.45) is 4.07. The van der Waals surface area contributed by atoms with Crippen molar-refractivity contribution in [2.75, 3.05) is 18.8 Å². The molecule has 26 heavy (non-hydrogen) atoms. The molecule has 2 aromatic rings. The molecular formula is C19H24N4OS2. The molecule has 1 aliphatic rings. The summed E-state index contributed by atoms with van der Waals surface area (Å²) >= 11 is 3.21. The lowest BCUT2D eigenvalue weighted by atomic mass is 10.2. The molecule has 1 aliphatic heterocycles. The predicted molar refractivity (Wildman–Crippen MR) is 107 cm³/mol. The summed E-state index contributed by atoms with van der Waals surface area (Å²) in [7, 11) is 0. The monoisotopic (exact) mass is 388 g/mol. The van der Waals surface area contributed by atoms with Gasteiger partial charge in [0.2, 0.25) is 5.91 Å². The van der Waals surface area contributed by atoms with Crippen LogP contribution >= 0.6 is 23.5 Å². The lowest BCUT2D eigenvalue weighted by Gasteiger charge is -2.14. The smallest absolute Gasteiger partial charge is 0.233 e. The molecule has 2 heterocycles. The fraction of sp³-hybridized carbons (Fsp3) is 0.421. The molecule has 0 N–H and O–H groups in total. The van der Waals surface area contributed by atoms with Crippen molar-refractivity contribution < 1.29 is 4.79 Å². The fourth-order valence-corrected chi connectivity index (χ4v) is 4.52. The molecule has 7 heteroatoms. The molecule has 0 spiro atoms. The maximum Gasteiger partial charge on any atom is 0.233 e. The molecule has 3 rings (SSSR count). The van der Waals surface area contributed by atoms with Gasteiger partial charge in [-0.05, 0) is 31.9 Å². The van der Waals surface area contributed by atoms with Crippen molar-refractivity contribution in [2.24, 2.45) is 0 Å². The largest absolute Gasteiger partial charge is 0.342 e. The van der Waals surface area contributed by atoms with Crippen molar-refractivity contribution in [1.29, 1.82) is 0 Å². The Morgan fingerprint density at radius 1 is 1.19 bits per heavy atom. The van der Waals surface area contributed by atoms with Gasteiger partial charge in [-0.3, -0.25) is 4.79 Å². The first-order chi connectivity index (χ1) is 12.7. The summed E-state index contributed by atoms with van der Waals surface area (Å²) in [6.45, 7) is 8.34. The van der Waals surface area contributed by atoms with E-state index in [4.69, 9.17) is 0 Å². The number of allylic oxidation sites excluding steroid dienone is 1. The number of aryl methyl sites for hydroxylation is 1. The molecule has 1 amide bonds. The van der Waals surface area contributed by atoms with E-state index in [0.29, 0.717) is 12.3 Å². The zero-order chi connectivity index (χ0) is 18.4. The molecular weight excluding hydrogens is 364 g/mol. The van der Waals surface area contributed by atoms with Gasteiger partial charge in [0.25, 0.3) is 0 Å². The molecule has 1 aromatic heterocycles. The van der Waals surface area contributed by atoms with Gasteiger partial charge in [-0.25, -0.2) is 0 Å². The van der Waals surface area contributed by atoms with Gasteiger partial charge >= 0.3 is 0 Å². The second kappa shape index (κ2) is 9.28. The van der Waals surface area contributed by atoms with Crippen molar-refractivity contribution >= 4 is 29.4 Å². The van der Waals surface area contributed by atoms with Gasteiger partial charge in [0.1, 0.15) is 5.82 Å². The fourth-order valence-electron chi connectivity index (χ4n) is 2.81. The topological polar surface area (TPSA) is 51.0 Å². The Kier molecular flexibility index (Phi) is 6.80. The number of hydrogen-bond acceptors (Lipinski definition) is 5. The Balaban J connectivity index is 1.62. The second-order valence-corrected chi connectivity index (χ2v) is 8.27. The molecule has 0 aliphatic carbocycles. The zero-order valence-electron chi connectivity index (χ0n) is 15.1. The first-order valence-electron chi connectivity index (χ1n) is 8.80. The standard InChI is InChI=1S/C19H24N4OS2/c1-3-10-23-17(13-25-16-8-6-15(2)7-9-16)20-21-19(23)26-14-18(24)22-11-4-5-12-22/h3,6-9H,1,4-5,10-14H2,2H3. The quantitative estimate of drug-likeness (QED) is 0.509. The third kappa shape index (κ3) is 4.92. The van der Waals surface area contributed by atoms with E-state index in [1.165, 1.54) is 22.2 Å². The molecule has 0 unspecified atom stereocenters. The van der Waals surface area contributed by atoms with E-state index in [-0.39, 0.29) is 5.91 Å². The van der Waals surface area contributed by atoms with E-state index >= 15 is 0 Å². The minimum absolute atomic E-state index is 0.191. The van der Waals surface area contributed by atoms with E-state index < -0.39 is 0 Å². The molecule has 1 saturated heterocycles. The average Bonchev–Trinajstić information content (AvgIpc) is 3.30. The van der Waals surface area contributed by atoms with Gasteiger partial charge in [0, 0.05) is 24.5 Å². The van der Waals surface area contributed by atoms with Crippen molar-refractivity contribution in [3.05, 3.63) is 48.3 Å². The van der Waals surface area contributed by atoms with Crippen LogP contribution in [0.5, 0.6) is 0 Å². The third-order valence-corrected chi connectivity index (χ3v) is 6.24. The maximum atomic E-state index is 12.3. The van der Waals surface area contributed by atoms with E-state index in [1.807, 2.05) is 11.0 Å². The zero-order valence-corrected chi connectivity index (χ0v) is 16.7. The van der Waals surface area contributed by atoms with Gasteiger partial charge in [0.05, 0.1) is 11.5 Å². The number of aromatic nitrogens is 3. The summed E-state index contributed by atoms with van der Waals surface area (Å²) in [4.78, 5) is 15.4. The molecule has 1 fully saturated rings. The van der Waals surface area contributed by atoms with Gasteiger partial charge < -0.3 is 9.47 Å². The van der Waals surface area contributed by atoms with Gasteiger partial charge in [0.15, 0.2) is 5.16 Å². The molecule has 138 valence electrons. The van der Waals surface area contributed by atoms with Gasteiger partial charge in [-0.1, -0.05) is 35.5 Å². The van der Waals surface area contributed by atoms with Crippen LogP contribution in [0.25, 0.3) is 0 Å². The number of carbonyl (C=O) groups is 1. The van der Waals surface area contributed by atoms with E-state index in [1.54, 1.807) is 11.8 Å². The van der Waals surface area contributed by atoms with Crippen LogP contribution in [0, 0.1) is 6.92 Å². The Morgan fingerprint density at radius 2 is 1.92 bits per heavy atom. The number of thioether (sulfide) groups is 2. The highest BCUT2D eigenvalue weighted by Crippen LogP contribution is 2.25. The average molecular weight is 389 g/mol. The van der Waals surface area contributed by atoms with Crippen LogP contribution < -0.4 is 0 Å². The Hall–Kier alpha value is -1.73. The lowest BCUT2D eigenvalue weighted by molar-refractivity contribution is -0.127. The van der Waals surface area contributed by atoms with Crippen LogP contribution in [0.1, 0.15) is 24.2 Å². The van der Waals surface area contributed by atoms with Crippen molar-refractivity contribution in [3.8, 4) is 0 Å². The molecule has 1 aromatic carbocycles. The first kappa shape index (κ1) is 19.0. The third-order valence-electron chi connectivity index (χ3n) is 4.28. The summed E-state index contributed by atoms with van der Waals surface area (Å²) in [5.74, 6) is 2.26. The summed E-state index contributed by atoms with van der Waals surface area (Å²) in [5.41, 5.74) is 1.26. The number of nitrogens with zero attached hydrogens (tertiary/aromatic N) is 4. The van der Waals surface area contributed by atoms with Crippen molar-refractivity contribution in [2.45, 2.75) is 42.1 Å². The number of benzene rings is 1. The number of amides is 1. The molecule has 0 radical (unpaired) electrons. The van der Waals surface area contributed by atoms with Crippen LogP contribution in [0.3, 0.4) is 0 Å². The Labute approximate surface area is 163 Å². The number of likely N-dealkylation sites (tertiary alicyclic amines) is 1. The normalized spacial score (nSPS) is 14.0. The van der Waals surface area contributed by atoms with Crippen LogP contribution in [-0.2, 0) is 17.1 Å². The minimum Gasteiger partial charge on any atom is -0.342 e. The van der Waals surface area contributed by atoms with E-state index in [2.05, 4.69) is 52.5 Å². The van der Waals surface area contributed by atoms with Crippen LogP contribution in [0.2, 0.25) is 0 Å². The number of hydrogen-bond donors (Lipinski definition) is 0. The summed E-state index contributed by atoms with van der Waals surface area (Å²) in [5, 5.41) is 9.43. The summed E-state index contributed by atoms with van der Waals surface area (Å²) < 4.78 is 2.05. The Bertz CT molecular complexity index is 751. The summed E-state index contributed by atoms with van der Waals surface area (Å²) in [6, 6.07) is 8.47. The van der Waals surface area contributed by atoms with Crippen molar-refractivity contribution in [3.63, 3.8) is 0 Å². The first-order valence-corrected chi connectivity index (χ1v) is 10.8. The van der Waals surface area contributed by atoms with Crippen LogP contribution in [-0.4, -0.2) is 44.4 Å². The SMILES string of the molecule is C=CCn1c(CSc2ccc(C)cc2)nnc1SCC(=O)N1CCCC1. The molecule has 5 nitrogen and oxygen atoms in total. The van der Waals surface area contributed by atoms with Gasteiger partial charge in [-0.15, -0.1) is 28.5 Å². The predicted octanol–water partition coefficient (Wildman–Crippen LogP) is 3.78. The van der Waals surface area contributed by atoms with Crippen LogP contribution in [0.15, 0.2) is 47.0 Å². The van der Waals surface area contributed by atoms with E-state index in [9.17, 15) is 4.79 Å². The van der Waals surface area contributed by atoms with Crippen LogP contribution in [0.4, 0.5) is 0 Å². The van der Waals surface area contributed by atoms with Crippen molar-refractivity contribution in [1.82, 2.24) is 19.7 Å². The highest BCUT2D eigenvalue weighted by Gasteiger charge is 2.19. The molecule has 0 saturated carbocycles. The molecule has 0 bridgehead atoms.